The van der Waals surface area contributed by atoms with E-state index < -0.39 is 0 Å². The van der Waals surface area contributed by atoms with Crippen LogP contribution in [0.15, 0.2) is 30.7 Å². The Morgan fingerprint density at radius 3 is 2.40 bits per heavy atom. The number of carbonyl (C=O) groups is 1. The second kappa shape index (κ2) is 5.64. The average Bonchev–Trinajstić information content (AvgIpc) is 3.08. The third-order valence-electron chi connectivity index (χ3n) is 6.42. The molecule has 4 aliphatic carbocycles. The second-order valence-electron chi connectivity index (χ2n) is 8.24. The van der Waals surface area contributed by atoms with E-state index in [4.69, 9.17) is 0 Å². The van der Waals surface area contributed by atoms with E-state index in [-0.39, 0.29) is 11.3 Å². The van der Waals surface area contributed by atoms with Crippen molar-refractivity contribution in [3.63, 3.8) is 0 Å². The van der Waals surface area contributed by atoms with Gasteiger partial charge in [-0.05, 0) is 68.4 Å². The molecule has 0 saturated heterocycles. The summed E-state index contributed by atoms with van der Waals surface area (Å²) in [6, 6.07) is 3.76. The number of hydrogen-bond donors (Lipinski definition) is 1. The predicted molar refractivity (Wildman–Crippen MR) is 91.6 cm³/mol. The van der Waals surface area contributed by atoms with E-state index in [1.165, 1.54) is 19.3 Å². The van der Waals surface area contributed by atoms with Gasteiger partial charge in [0.15, 0.2) is 0 Å². The normalized spacial score (nSPS) is 32.7. The molecule has 4 fully saturated rings. The molecule has 4 saturated carbocycles. The summed E-state index contributed by atoms with van der Waals surface area (Å²) in [5.74, 6) is 2.59. The highest BCUT2D eigenvalue weighted by atomic mass is 16.2. The van der Waals surface area contributed by atoms with E-state index in [1.807, 2.05) is 18.3 Å². The maximum Gasteiger partial charge on any atom is 0.226 e. The zero-order chi connectivity index (χ0) is 16.9. The number of amides is 1. The van der Waals surface area contributed by atoms with Gasteiger partial charge in [0.25, 0.3) is 0 Å². The Kier molecular flexibility index (Phi) is 3.40. The van der Waals surface area contributed by atoms with Crippen molar-refractivity contribution < 1.29 is 4.79 Å². The molecule has 6 heteroatoms. The van der Waals surface area contributed by atoms with Crippen molar-refractivity contribution in [2.24, 2.45) is 23.2 Å². The molecule has 6 rings (SSSR count). The van der Waals surface area contributed by atoms with Crippen molar-refractivity contribution in [2.45, 2.75) is 45.1 Å². The van der Waals surface area contributed by atoms with Gasteiger partial charge in [-0.15, -0.1) is 5.10 Å². The fraction of sp³-hybridized carbons (Fsp3) is 0.579. The molecule has 1 N–H and O–H groups in total. The van der Waals surface area contributed by atoms with Crippen LogP contribution in [0.5, 0.6) is 0 Å². The minimum Gasteiger partial charge on any atom is -0.350 e. The van der Waals surface area contributed by atoms with Crippen molar-refractivity contribution in [3.05, 3.63) is 36.4 Å². The molecule has 0 spiro atoms. The van der Waals surface area contributed by atoms with Crippen LogP contribution in [0, 0.1) is 23.2 Å². The molecule has 4 aliphatic rings. The fourth-order valence-corrected chi connectivity index (χ4v) is 5.75. The summed E-state index contributed by atoms with van der Waals surface area (Å²) in [5.41, 5.74) is 1.60. The zero-order valence-corrected chi connectivity index (χ0v) is 14.3. The average molecular weight is 337 g/mol. The van der Waals surface area contributed by atoms with Gasteiger partial charge in [0.2, 0.25) is 5.91 Å². The van der Waals surface area contributed by atoms with E-state index in [2.05, 4.69) is 20.6 Å². The second-order valence-corrected chi connectivity index (χ2v) is 8.24. The number of nitrogens with zero attached hydrogens (tertiary/aromatic N) is 4. The first-order valence-corrected chi connectivity index (χ1v) is 9.30. The molecule has 130 valence electrons. The number of nitrogens with one attached hydrogen (secondary N) is 1. The van der Waals surface area contributed by atoms with Gasteiger partial charge < -0.3 is 5.32 Å². The predicted octanol–water partition coefficient (Wildman–Crippen LogP) is 2.49. The van der Waals surface area contributed by atoms with E-state index in [0.717, 1.165) is 48.4 Å². The Morgan fingerprint density at radius 1 is 1.12 bits per heavy atom. The van der Waals surface area contributed by atoms with E-state index in [9.17, 15) is 4.79 Å². The minimum atomic E-state index is -0.101. The smallest absolute Gasteiger partial charge is 0.226 e. The van der Waals surface area contributed by atoms with E-state index in [0.29, 0.717) is 6.54 Å². The van der Waals surface area contributed by atoms with Gasteiger partial charge >= 0.3 is 0 Å². The summed E-state index contributed by atoms with van der Waals surface area (Å²) in [5, 5.41) is 11.5. The third-order valence-corrected chi connectivity index (χ3v) is 6.42. The van der Waals surface area contributed by atoms with Crippen LogP contribution in [-0.4, -0.2) is 25.9 Å². The Labute approximate surface area is 147 Å². The van der Waals surface area contributed by atoms with Crippen LogP contribution in [0.2, 0.25) is 0 Å². The van der Waals surface area contributed by atoms with Crippen molar-refractivity contribution in [1.29, 1.82) is 0 Å². The molecule has 6 nitrogen and oxygen atoms in total. The van der Waals surface area contributed by atoms with Gasteiger partial charge in [-0.3, -0.25) is 9.78 Å². The lowest BCUT2D eigenvalue weighted by Crippen LogP contribution is -2.53. The van der Waals surface area contributed by atoms with Gasteiger partial charge in [0, 0.05) is 17.8 Å². The minimum absolute atomic E-state index is 0.101. The van der Waals surface area contributed by atoms with Crippen LogP contribution in [0.25, 0.3) is 5.69 Å². The van der Waals surface area contributed by atoms with Crippen molar-refractivity contribution >= 4 is 5.91 Å². The van der Waals surface area contributed by atoms with Gasteiger partial charge in [-0.25, -0.2) is 4.68 Å². The van der Waals surface area contributed by atoms with Crippen LogP contribution >= 0.6 is 0 Å². The van der Waals surface area contributed by atoms with Gasteiger partial charge in [-0.1, -0.05) is 5.21 Å². The molecule has 2 aromatic heterocycles. The van der Waals surface area contributed by atoms with Gasteiger partial charge in [-0.2, -0.15) is 0 Å². The SMILES string of the molecule is O=C(NCc1cn(-c2ccncc2)nn1)C12CC3CC(CC(C3)C1)C2. The highest BCUT2D eigenvalue weighted by molar-refractivity contribution is 5.83. The number of hydrogen-bond acceptors (Lipinski definition) is 4. The molecule has 0 aromatic carbocycles. The molecule has 0 unspecified atom stereocenters. The van der Waals surface area contributed by atoms with E-state index in [1.54, 1.807) is 17.1 Å². The summed E-state index contributed by atoms with van der Waals surface area (Å²) >= 11 is 0. The van der Waals surface area contributed by atoms with Gasteiger partial charge in [0.1, 0.15) is 5.69 Å². The maximum absolute atomic E-state index is 13.0. The maximum atomic E-state index is 13.0. The Hall–Kier alpha value is -2.24. The standard InChI is InChI=1S/C19H23N5O/c25-18(19-8-13-5-14(9-19)7-15(6-13)10-19)21-11-16-12-24(23-22-16)17-1-3-20-4-2-17/h1-4,12-15H,5-11H2,(H,21,25). The molecule has 2 aromatic rings. The van der Waals surface area contributed by atoms with Crippen LogP contribution in [0.1, 0.15) is 44.2 Å². The summed E-state index contributed by atoms with van der Waals surface area (Å²) in [7, 11) is 0. The quantitative estimate of drug-likeness (QED) is 0.930. The molecule has 2 heterocycles. The van der Waals surface area contributed by atoms with Crippen LogP contribution in [-0.2, 0) is 11.3 Å². The first-order valence-electron chi connectivity index (χ1n) is 9.30. The Morgan fingerprint density at radius 2 is 1.76 bits per heavy atom. The number of aromatic nitrogens is 4. The third kappa shape index (κ3) is 2.64. The molecule has 0 aliphatic heterocycles. The molecule has 25 heavy (non-hydrogen) atoms. The molecular formula is C19H23N5O. The van der Waals surface area contributed by atoms with Crippen LogP contribution in [0.4, 0.5) is 0 Å². The summed E-state index contributed by atoms with van der Waals surface area (Å²) < 4.78 is 1.72. The van der Waals surface area contributed by atoms with Gasteiger partial charge in [0.05, 0.1) is 18.4 Å². The molecule has 0 atom stereocenters. The lowest BCUT2D eigenvalue weighted by Gasteiger charge is -2.55. The first-order chi connectivity index (χ1) is 12.2. The summed E-state index contributed by atoms with van der Waals surface area (Å²) in [4.78, 5) is 17.0. The first kappa shape index (κ1) is 15.0. The van der Waals surface area contributed by atoms with Crippen molar-refractivity contribution in [1.82, 2.24) is 25.3 Å². The molecular weight excluding hydrogens is 314 g/mol. The van der Waals surface area contributed by atoms with E-state index >= 15 is 0 Å². The van der Waals surface area contributed by atoms with Crippen molar-refractivity contribution in [2.75, 3.05) is 0 Å². The number of carbonyl (C=O) groups excluding carboxylic acids is 1. The van der Waals surface area contributed by atoms with Crippen LogP contribution < -0.4 is 5.32 Å². The molecule has 0 radical (unpaired) electrons. The number of pyridine rings is 1. The lowest BCUT2D eigenvalue weighted by molar-refractivity contribution is -0.146. The topological polar surface area (TPSA) is 72.7 Å². The monoisotopic (exact) mass is 337 g/mol. The lowest BCUT2D eigenvalue weighted by atomic mass is 9.49. The zero-order valence-electron chi connectivity index (χ0n) is 14.3. The Bertz CT molecular complexity index is 749. The fourth-order valence-electron chi connectivity index (χ4n) is 5.75. The molecule has 4 bridgehead atoms. The Balaban J connectivity index is 1.26. The van der Waals surface area contributed by atoms with Crippen molar-refractivity contribution in [3.8, 4) is 5.69 Å². The highest BCUT2D eigenvalue weighted by Crippen LogP contribution is 2.60. The molecule has 1 amide bonds. The largest absolute Gasteiger partial charge is 0.350 e. The number of rotatable bonds is 4. The summed E-state index contributed by atoms with van der Waals surface area (Å²) in [6.07, 6.45) is 12.7. The highest BCUT2D eigenvalue weighted by Gasteiger charge is 2.54. The van der Waals surface area contributed by atoms with Crippen LogP contribution in [0.3, 0.4) is 0 Å². The summed E-state index contributed by atoms with van der Waals surface area (Å²) in [6.45, 7) is 0.450.